The normalized spacial score (nSPS) is 14.3. The van der Waals surface area contributed by atoms with Crippen LogP contribution in [0.2, 0.25) is 0 Å². The first-order valence-electron chi connectivity index (χ1n) is 5.99. The highest BCUT2D eigenvalue weighted by Gasteiger charge is 2.20. The number of ether oxygens (including phenoxy) is 1. The van der Waals surface area contributed by atoms with E-state index in [1.54, 1.807) is 16.8 Å². The number of Topliss-reactive ketones (excluding diaryl/α,β-unsaturated/α-hetero) is 1. The molecule has 1 aromatic heterocycles. The lowest BCUT2D eigenvalue weighted by Gasteiger charge is -2.18. The van der Waals surface area contributed by atoms with Crippen molar-refractivity contribution in [1.29, 1.82) is 0 Å². The summed E-state index contributed by atoms with van der Waals surface area (Å²) in [5, 5.41) is 1.97. The van der Waals surface area contributed by atoms with E-state index >= 15 is 0 Å². The van der Waals surface area contributed by atoms with Crippen molar-refractivity contribution in [2.75, 3.05) is 0 Å². The maximum Gasteiger partial charge on any atom is 0.163 e. The third kappa shape index (κ3) is 2.16. The summed E-state index contributed by atoms with van der Waals surface area (Å²) < 4.78 is 5.79. The summed E-state index contributed by atoms with van der Waals surface area (Å²) in [4.78, 5) is 16.0. The van der Waals surface area contributed by atoms with Gasteiger partial charge in [0.25, 0.3) is 0 Å². The van der Waals surface area contributed by atoms with E-state index in [2.05, 4.69) is 4.98 Å². The van der Waals surface area contributed by atoms with E-state index in [-0.39, 0.29) is 5.78 Å². The monoisotopic (exact) mass is 259 g/mol. The Balaban J connectivity index is 1.84. The fourth-order valence-corrected chi connectivity index (χ4v) is 2.78. The van der Waals surface area contributed by atoms with Crippen molar-refractivity contribution < 1.29 is 9.53 Å². The second-order valence-electron chi connectivity index (χ2n) is 4.33. The SMILES string of the molecule is O=C1CCCc2c(OCc3cscn3)cccc21. The van der Waals surface area contributed by atoms with Crippen molar-refractivity contribution in [2.24, 2.45) is 0 Å². The van der Waals surface area contributed by atoms with Gasteiger partial charge in [0.2, 0.25) is 0 Å². The van der Waals surface area contributed by atoms with Gasteiger partial charge in [-0.25, -0.2) is 4.98 Å². The lowest BCUT2D eigenvalue weighted by atomic mass is 9.90. The Bertz CT molecular complexity index is 563. The molecule has 0 saturated carbocycles. The fourth-order valence-electron chi connectivity index (χ4n) is 2.24. The van der Waals surface area contributed by atoms with Gasteiger partial charge in [0.05, 0.1) is 11.2 Å². The Labute approximate surface area is 109 Å². The summed E-state index contributed by atoms with van der Waals surface area (Å²) in [5.41, 5.74) is 4.61. The van der Waals surface area contributed by atoms with Crippen molar-refractivity contribution in [1.82, 2.24) is 4.98 Å². The first-order valence-corrected chi connectivity index (χ1v) is 6.94. The Kier molecular flexibility index (Phi) is 3.11. The third-order valence-corrected chi connectivity index (χ3v) is 3.76. The van der Waals surface area contributed by atoms with E-state index in [0.29, 0.717) is 13.0 Å². The number of carbonyl (C=O) groups excluding carboxylic acids is 1. The Morgan fingerprint density at radius 1 is 1.33 bits per heavy atom. The summed E-state index contributed by atoms with van der Waals surface area (Å²) in [6.45, 7) is 0.466. The maximum absolute atomic E-state index is 11.8. The Morgan fingerprint density at radius 2 is 2.28 bits per heavy atom. The van der Waals surface area contributed by atoms with Crippen LogP contribution in [0.1, 0.15) is 34.5 Å². The molecule has 0 atom stereocenters. The molecule has 2 aromatic rings. The van der Waals surface area contributed by atoms with Gasteiger partial charge in [-0.05, 0) is 18.9 Å². The molecule has 92 valence electrons. The minimum atomic E-state index is 0.232. The van der Waals surface area contributed by atoms with Crippen LogP contribution in [0, 0.1) is 0 Å². The highest BCUT2D eigenvalue weighted by molar-refractivity contribution is 7.07. The summed E-state index contributed by atoms with van der Waals surface area (Å²) in [7, 11) is 0. The maximum atomic E-state index is 11.8. The van der Waals surface area contributed by atoms with Crippen LogP contribution in [-0.2, 0) is 13.0 Å². The van der Waals surface area contributed by atoms with E-state index in [0.717, 1.165) is 35.4 Å². The van der Waals surface area contributed by atoms with Crippen molar-refractivity contribution in [3.63, 3.8) is 0 Å². The van der Waals surface area contributed by atoms with Crippen LogP contribution in [0.3, 0.4) is 0 Å². The van der Waals surface area contributed by atoms with E-state index in [9.17, 15) is 4.79 Å². The second-order valence-corrected chi connectivity index (χ2v) is 5.05. The van der Waals surface area contributed by atoms with E-state index in [4.69, 9.17) is 4.74 Å². The summed E-state index contributed by atoms with van der Waals surface area (Å²) in [6.07, 6.45) is 2.50. The average Bonchev–Trinajstić information content (AvgIpc) is 2.90. The molecule has 18 heavy (non-hydrogen) atoms. The van der Waals surface area contributed by atoms with Gasteiger partial charge < -0.3 is 4.74 Å². The molecule has 1 aliphatic rings. The molecule has 0 amide bonds. The van der Waals surface area contributed by atoms with Crippen molar-refractivity contribution >= 4 is 17.1 Å². The minimum absolute atomic E-state index is 0.232. The number of benzene rings is 1. The number of nitrogens with zero attached hydrogens (tertiary/aromatic N) is 1. The lowest BCUT2D eigenvalue weighted by molar-refractivity contribution is 0.0971. The summed E-state index contributed by atoms with van der Waals surface area (Å²) in [5.74, 6) is 1.06. The van der Waals surface area contributed by atoms with Crippen molar-refractivity contribution in [3.05, 3.63) is 45.9 Å². The highest BCUT2D eigenvalue weighted by atomic mass is 32.1. The second kappa shape index (κ2) is 4.90. The summed E-state index contributed by atoms with van der Waals surface area (Å²) in [6, 6.07) is 5.72. The molecule has 1 aromatic carbocycles. The molecule has 1 heterocycles. The van der Waals surface area contributed by atoms with E-state index < -0.39 is 0 Å². The van der Waals surface area contributed by atoms with E-state index in [1.165, 1.54) is 0 Å². The molecular weight excluding hydrogens is 246 g/mol. The van der Waals surface area contributed by atoms with Crippen LogP contribution in [0.5, 0.6) is 5.75 Å². The first-order chi connectivity index (χ1) is 8.84. The predicted octanol–water partition coefficient (Wildman–Crippen LogP) is 3.24. The fraction of sp³-hybridized carbons (Fsp3) is 0.286. The molecule has 1 aliphatic carbocycles. The minimum Gasteiger partial charge on any atom is -0.487 e. The van der Waals surface area contributed by atoms with Crippen LogP contribution in [0.25, 0.3) is 0 Å². The molecule has 0 spiro atoms. The average molecular weight is 259 g/mol. The quantitative estimate of drug-likeness (QED) is 0.849. The Morgan fingerprint density at radius 3 is 3.11 bits per heavy atom. The number of thiazole rings is 1. The zero-order valence-corrected chi connectivity index (χ0v) is 10.7. The third-order valence-electron chi connectivity index (χ3n) is 3.12. The molecule has 0 unspecified atom stereocenters. The van der Waals surface area contributed by atoms with Gasteiger partial charge in [-0.15, -0.1) is 11.3 Å². The number of hydrogen-bond donors (Lipinski definition) is 0. The first kappa shape index (κ1) is 11.4. The van der Waals surface area contributed by atoms with Crippen LogP contribution in [0.15, 0.2) is 29.1 Å². The van der Waals surface area contributed by atoms with Crippen molar-refractivity contribution in [2.45, 2.75) is 25.9 Å². The predicted molar refractivity (Wildman–Crippen MR) is 70.2 cm³/mol. The molecule has 0 radical (unpaired) electrons. The van der Waals surface area contributed by atoms with Crippen LogP contribution in [-0.4, -0.2) is 10.8 Å². The number of hydrogen-bond acceptors (Lipinski definition) is 4. The van der Waals surface area contributed by atoms with Gasteiger partial charge in [-0.3, -0.25) is 4.79 Å². The highest BCUT2D eigenvalue weighted by Crippen LogP contribution is 2.29. The van der Waals surface area contributed by atoms with Crippen molar-refractivity contribution in [3.8, 4) is 5.75 Å². The molecule has 0 saturated heterocycles. The van der Waals surface area contributed by atoms with Gasteiger partial charge in [0.1, 0.15) is 12.4 Å². The molecule has 0 bridgehead atoms. The number of carbonyl (C=O) groups is 1. The zero-order chi connectivity index (χ0) is 12.4. The zero-order valence-electron chi connectivity index (χ0n) is 9.89. The van der Waals surface area contributed by atoms with Gasteiger partial charge in [0, 0.05) is 22.9 Å². The summed E-state index contributed by atoms with van der Waals surface area (Å²) >= 11 is 1.56. The number of ketones is 1. The Hall–Kier alpha value is -1.68. The van der Waals surface area contributed by atoms with Gasteiger partial charge in [-0.1, -0.05) is 12.1 Å². The molecule has 3 nitrogen and oxygen atoms in total. The molecule has 3 rings (SSSR count). The smallest absolute Gasteiger partial charge is 0.163 e. The van der Waals surface area contributed by atoms with E-state index in [1.807, 2.05) is 23.6 Å². The number of fused-ring (bicyclic) bond motifs is 1. The van der Waals surface area contributed by atoms with Gasteiger partial charge in [-0.2, -0.15) is 0 Å². The van der Waals surface area contributed by atoms with Crippen LogP contribution < -0.4 is 4.74 Å². The molecule has 0 N–H and O–H groups in total. The topological polar surface area (TPSA) is 39.2 Å². The van der Waals surface area contributed by atoms with Gasteiger partial charge >= 0.3 is 0 Å². The molecule has 0 aliphatic heterocycles. The molecular formula is C14H13NO2S. The van der Waals surface area contributed by atoms with Crippen LogP contribution in [0.4, 0.5) is 0 Å². The molecule has 4 heteroatoms. The van der Waals surface area contributed by atoms with Crippen LogP contribution >= 0.6 is 11.3 Å². The standard InChI is InChI=1S/C14H13NO2S/c16-13-5-1-4-12-11(13)3-2-6-14(12)17-7-10-8-18-9-15-10/h2-3,6,8-9H,1,4-5,7H2. The lowest BCUT2D eigenvalue weighted by Crippen LogP contribution is -2.12. The van der Waals surface area contributed by atoms with Gasteiger partial charge in [0.15, 0.2) is 5.78 Å². The molecule has 0 fully saturated rings. The largest absolute Gasteiger partial charge is 0.487 e. The number of rotatable bonds is 3. The number of aromatic nitrogens is 1.